The maximum absolute atomic E-state index is 9.42. The number of hydrogen-bond donors (Lipinski definition) is 0. The van der Waals surface area contributed by atoms with Crippen molar-refractivity contribution in [2.45, 2.75) is 85.0 Å². The maximum Gasteiger partial charge on any atom is 0.268 e. The average molecular weight is 1070 g/mol. The molecule has 67 heavy (non-hydrogen) atoms. The number of aromatic nitrogens is 4. The molecule has 10 rings (SSSR count). The molecule has 0 spiro atoms. The zero-order valence-corrected chi connectivity index (χ0v) is 40.9. The van der Waals surface area contributed by atoms with Crippen molar-refractivity contribution in [1.82, 2.24) is 14.1 Å². The molecule has 3 heterocycles. The van der Waals surface area contributed by atoms with Crippen molar-refractivity contribution in [3.05, 3.63) is 199 Å². The molecule has 3 aromatic heterocycles. The number of ether oxygens (including phenoxy) is 1. The summed E-state index contributed by atoms with van der Waals surface area (Å²) in [6.07, 6.45) is 6.10. The number of pyridine rings is 1. The fourth-order valence-electron chi connectivity index (χ4n) is 8.59. The average Bonchev–Trinajstić information content (AvgIpc) is 4.12. The van der Waals surface area contributed by atoms with E-state index in [1.807, 2.05) is 54.8 Å². The molecule has 5 nitrogen and oxygen atoms in total. The topological polar surface area (TPSA) is 35.9 Å². The van der Waals surface area contributed by atoms with E-state index in [2.05, 4.69) is 83.2 Å². The van der Waals surface area contributed by atoms with E-state index in [0.717, 1.165) is 22.3 Å². The Bertz CT molecular complexity index is 4050. The van der Waals surface area contributed by atoms with E-state index in [1.54, 1.807) is 47.2 Å². The summed E-state index contributed by atoms with van der Waals surface area (Å²) in [7, 11) is 0. The van der Waals surface area contributed by atoms with E-state index in [1.165, 1.54) is 4.57 Å². The van der Waals surface area contributed by atoms with Crippen LogP contribution in [0.15, 0.2) is 164 Å². The number of rotatable bonds is 10. The second-order valence-corrected chi connectivity index (χ2v) is 18.5. The molecule has 0 aliphatic heterocycles. The summed E-state index contributed by atoms with van der Waals surface area (Å²) >= 11 is 0. The van der Waals surface area contributed by atoms with E-state index in [0.29, 0.717) is 46.4 Å². The Morgan fingerprint density at radius 2 is 1.36 bits per heavy atom. The van der Waals surface area contributed by atoms with Gasteiger partial charge < -0.3 is 13.9 Å². The predicted octanol–water partition coefficient (Wildman–Crippen LogP) is 15.4. The van der Waals surface area contributed by atoms with Crippen LogP contribution in [-0.2, 0) is 31.9 Å². The van der Waals surface area contributed by atoms with E-state index in [9.17, 15) is 6.85 Å². The van der Waals surface area contributed by atoms with Gasteiger partial charge >= 0.3 is 0 Å². The molecule has 338 valence electrons. The van der Waals surface area contributed by atoms with Crippen LogP contribution in [0, 0.1) is 18.5 Å². The van der Waals surface area contributed by atoms with E-state index in [-0.39, 0.29) is 107 Å². The van der Waals surface area contributed by atoms with Gasteiger partial charge in [0.15, 0.2) is 0 Å². The van der Waals surface area contributed by atoms with Crippen molar-refractivity contribution >= 4 is 32.8 Å². The van der Waals surface area contributed by atoms with Crippen molar-refractivity contribution < 1.29 is 46.8 Å². The molecule has 0 radical (unpaired) electrons. The Labute approximate surface area is 426 Å². The Morgan fingerprint density at radius 3 is 2.09 bits per heavy atom. The molecule has 0 amide bonds. The third kappa shape index (κ3) is 8.67. The zero-order valence-electron chi connectivity index (χ0n) is 50.7. The van der Waals surface area contributed by atoms with Gasteiger partial charge in [-0.3, -0.25) is 4.57 Å². The number of fused-ring (bicyclic) bond motifs is 4. The molecule has 0 aliphatic carbocycles. The summed E-state index contributed by atoms with van der Waals surface area (Å²) in [5.74, 6) is -0.802. The van der Waals surface area contributed by atoms with E-state index < -0.39 is 42.1 Å². The van der Waals surface area contributed by atoms with Crippen LogP contribution in [0.2, 0.25) is 0 Å². The zero-order chi connectivity index (χ0) is 56.2. The largest absolute Gasteiger partial charge is 0.510 e. The third-order valence-electron chi connectivity index (χ3n) is 12.1. The minimum atomic E-state index is -0.977. The molecule has 0 aliphatic rings. The third-order valence-corrected chi connectivity index (χ3v) is 12.1. The molecule has 0 atom stereocenters. The summed E-state index contributed by atoms with van der Waals surface area (Å²) in [4.78, 5) is 4.64. The van der Waals surface area contributed by atoms with Crippen LogP contribution in [0.25, 0.3) is 72.3 Å². The van der Waals surface area contributed by atoms with Crippen LogP contribution in [0.5, 0.6) is 11.5 Å². The number of imidazole rings is 1. The quantitative estimate of drug-likeness (QED) is 0.101. The predicted molar refractivity (Wildman–Crippen MR) is 272 cm³/mol. The fourth-order valence-corrected chi connectivity index (χ4v) is 8.59. The molecule has 0 fully saturated rings. The Hall–Kier alpha value is -6.55. The van der Waals surface area contributed by atoms with Gasteiger partial charge in [0.2, 0.25) is 0 Å². The second kappa shape index (κ2) is 18.3. The van der Waals surface area contributed by atoms with Crippen molar-refractivity contribution in [3.8, 4) is 50.9 Å². The molecule has 10 aromatic rings. The molecule has 7 aromatic carbocycles. The van der Waals surface area contributed by atoms with Gasteiger partial charge in [0.25, 0.3) is 6.33 Å². The van der Waals surface area contributed by atoms with Gasteiger partial charge in [0, 0.05) is 47.0 Å². The molecule has 0 bridgehead atoms. The first-order valence-electron chi connectivity index (χ1n) is 28.3. The van der Waals surface area contributed by atoms with Crippen LogP contribution in [-0.4, -0.2) is 14.1 Å². The van der Waals surface area contributed by atoms with Crippen LogP contribution < -0.4 is 9.30 Å². The molecular weight excluding hydrogens is 1000 g/mol. The number of para-hydroxylation sites is 4. The Morgan fingerprint density at radius 1 is 0.672 bits per heavy atom. The van der Waals surface area contributed by atoms with Gasteiger partial charge in [-0.15, -0.1) is 29.6 Å². The molecular formula is C61H56N4OPt-2. The fraction of sp³-hybridized carbons (Fsp3) is 0.213. The van der Waals surface area contributed by atoms with Gasteiger partial charge in [-0.05, 0) is 99.1 Å². The Kier molecular flexibility index (Phi) is 9.00. The van der Waals surface area contributed by atoms with Crippen LogP contribution >= 0.6 is 0 Å². The minimum Gasteiger partial charge on any atom is -0.510 e. The van der Waals surface area contributed by atoms with Gasteiger partial charge in [-0.25, -0.2) is 4.98 Å². The number of nitrogens with zero attached hydrogens (tertiary/aromatic N) is 4. The van der Waals surface area contributed by atoms with Gasteiger partial charge in [-0.2, -0.15) is 18.2 Å². The summed E-state index contributed by atoms with van der Waals surface area (Å²) in [6.45, 7) is 16.8. The summed E-state index contributed by atoms with van der Waals surface area (Å²) in [5.41, 5.74) is 6.77. The van der Waals surface area contributed by atoms with Crippen LogP contribution in [0.4, 0.5) is 0 Å². The monoisotopic (exact) mass is 1070 g/mol. The first-order valence-corrected chi connectivity index (χ1v) is 22.3. The maximum atomic E-state index is 9.42. The summed E-state index contributed by atoms with van der Waals surface area (Å²) in [5, 5.41) is 0.0840. The van der Waals surface area contributed by atoms with E-state index in [4.69, 9.17) is 14.3 Å². The molecule has 6 heteroatoms. The van der Waals surface area contributed by atoms with Crippen molar-refractivity contribution in [1.29, 1.82) is 0 Å². The van der Waals surface area contributed by atoms with Crippen molar-refractivity contribution in [2.75, 3.05) is 0 Å². The van der Waals surface area contributed by atoms with Gasteiger partial charge in [-0.1, -0.05) is 170 Å². The van der Waals surface area contributed by atoms with Gasteiger partial charge in [0.05, 0.1) is 29.1 Å². The molecule has 0 unspecified atom stereocenters. The Balaban J connectivity index is 0.00000757. The molecule has 0 N–H and O–H groups in total. The first-order chi connectivity index (χ1) is 36.8. The minimum absolute atomic E-state index is 0. The van der Waals surface area contributed by atoms with Crippen LogP contribution in [0.3, 0.4) is 0 Å². The SMILES string of the molecule is [2H]c1c([2H])c([2H])c(-c2cccc(-c3cc(C(C)(C)C)cc(C(C)(C)C)c3)c2-[n+]2[c-]n(-c3[c-]c(Oc4[c-]c5c(c([2H])c4[2H])c4c([2H])c([2H])c([2H])c([2H])c4n5-c4cc(C([2H])(CC)CC)ccn4)ccc3)c3ccccc32)c([2H])c1[2H].[Pt]. The number of hydrogen-bond acceptors (Lipinski definition) is 2. The first kappa shape index (κ1) is 33.0. The summed E-state index contributed by atoms with van der Waals surface area (Å²) < 4.78 is 119. The summed E-state index contributed by atoms with van der Waals surface area (Å²) in [6, 6.07) is 30.2. The second-order valence-electron chi connectivity index (χ2n) is 18.5. The van der Waals surface area contributed by atoms with Crippen LogP contribution in [0.1, 0.15) is 107 Å². The van der Waals surface area contributed by atoms with Crippen molar-refractivity contribution in [2.24, 2.45) is 0 Å². The normalized spacial score (nSPS) is 14.7. The van der Waals surface area contributed by atoms with E-state index >= 15 is 0 Å². The smallest absolute Gasteiger partial charge is 0.268 e. The standard InChI is InChI=1S/C61H56N4O.Pt/c1-9-41(10-2)43-32-33-62-58(36-43)65-54-27-15-14-24-52(54)53-31-30-49(39-57(53)65)66-48-23-18-22-47(38-48)63-40-64(56-29-17-16-28-55(56)63)59-50(42-20-12-11-13-21-42)25-19-26-51(59)44-34-45(60(3,4)5)37-46(35-44)61(6,7)8;/h11-37,41H,9-10H2,1-8H3;/q-2;/i11D,12D,13D,14D,15D,20D,21D,24D,27D,30D,31D,41D;. The van der Waals surface area contributed by atoms with Crippen molar-refractivity contribution in [3.63, 3.8) is 0 Å². The molecule has 0 saturated carbocycles. The number of benzene rings is 7. The van der Waals surface area contributed by atoms with Gasteiger partial charge in [0.1, 0.15) is 5.82 Å². The molecule has 0 saturated heterocycles.